The Balaban J connectivity index is 1.65. The average Bonchev–Trinajstić information content (AvgIpc) is 2.79. The zero-order valence-corrected chi connectivity index (χ0v) is 16.2. The lowest BCUT2D eigenvalue weighted by Gasteiger charge is -2.07. The maximum Gasteiger partial charge on any atom is 0.259 e. The van der Waals surface area contributed by atoms with Gasteiger partial charge in [-0.3, -0.25) is 4.79 Å². The van der Waals surface area contributed by atoms with Crippen LogP contribution in [0.25, 0.3) is 6.08 Å². The van der Waals surface area contributed by atoms with E-state index in [1.807, 2.05) is 97.1 Å². The fourth-order valence-corrected chi connectivity index (χ4v) is 2.60. The van der Waals surface area contributed by atoms with Gasteiger partial charge in [0, 0.05) is 11.3 Å². The molecule has 3 rings (SSSR count). The third-order valence-electron chi connectivity index (χ3n) is 4.15. The first kappa shape index (κ1) is 19.9. The Labute approximate surface area is 170 Å². The zero-order chi connectivity index (χ0) is 20.3. The van der Waals surface area contributed by atoms with Crippen LogP contribution in [0.2, 0.25) is 0 Å². The molecule has 0 radical (unpaired) electrons. The number of hydrogen-bond acceptors (Lipinski definition) is 4. The molecule has 0 atom stereocenters. The molecule has 5 nitrogen and oxygen atoms in total. The highest BCUT2D eigenvalue weighted by atomic mass is 16.5. The van der Waals surface area contributed by atoms with Crippen LogP contribution in [0.3, 0.4) is 0 Å². The molecular weight excluding hydrogens is 362 g/mol. The number of ether oxygens (including phenoxy) is 1. The number of hydrogen-bond donors (Lipinski definition) is 2. The summed E-state index contributed by atoms with van der Waals surface area (Å²) in [5, 5.41) is 7.38. The minimum absolute atomic E-state index is 0.111. The lowest BCUT2D eigenvalue weighted by molar-refractivity contribution is -0.119. The zero-order valence-electron chi connectivity index (χ0n) is 16.2. The van der Waals surface area contributed by atoms with Gasteiger partial charge in [0.2, 0.25) is 0 Å². The van der Waals surface area contributed by atoms with Crippen molar-refractivity contribution < 1.29 is 9.53 Å². The number of anilines is 1. The van der Waals surface area contributed by atoms with Crippen molar-refractivity contribution in [3.8, 4) is 5.75 Å². The lowest BCUT2D eigenvalue weighted by atomic mass is 10.1. The molecule has 3 aromatic rings. The summed E-state index contributed by atoms with van der Waals surface area (Å²) in [4.78, 5) is 12.2. The Bertz CT molecular complexity index is 966. The molecule has 3 aromatic carbocycles. The van der Waals surface area contributed by atoms with E-state index in [4.69, 9.17) is 4.74 Å². The van der Waals surface area contributed by atoms with Crippen LogP contribution in [0.4, 0.5) is 5.69 Å². The van der Waals surface area contributed by atoms with Gasteiger partial charge in [0.1, 0.15) is 5.75 Å². The van der Waals surface area contributed by atoms with E-state index < -0.39 is 0 Å². The fraction of sp³-hybridized carbons (Fsp3) is 0.0833. The molecule has 0 fully saturated rings. The van der Waals surface area contributed by atoms with Crippen molar-refractivity contribution in [3.63, 3.8) is 0 Å². The van der Waals surface area contributed by atoms with E-state index in [9.17, 15) is 4.79 Å². The standard InChI is InChI=1S/C24H23N3O2/c1-29-22-15-13-21(14-16-22)25-18-24(28)27-26-23(20-10-6-3-7-11-20)17-12-19-8-4-2-5-9-19/h2-17,25H,18H2,1H3,(H,27,28)/b17-12-,26-23+. The molecule has 0 bridgehead atoms. The number of carbonyl (C=O) groups excluding carboxylic acids is 1. The first-order valence-corrected chi connectivity index (χ1v) is 9.27. The van der Waals surface area contributed by atoms with Crippen LogP contribution in [0.5, 0.6) is 5.75 Å². The molecule has 0 aliphatic heterocycles. The minimum Gasteiger partial charge on any atom is -0.497 e. The highest BCUT2D eigenvalue weighted by Gasteiger charge is 2.03. The molecule has 146 valence electrons. The van der Waals surface area contributed by atoms with E-state index in [-0.39, 0.29) is 12.5 Å². The van der Waals surface area contributed by atoms with Crippen molar-refractivity contribution in [1.29, 1.82) is 0 Å². The quantitative estimate of drug-likeness (QED) is 0.448. The van der Waals surface area contributed by atoms with Gasteiger partial charge in [-0.15, -0.1) is 0 Å². The minimum atomic E-state index is -0.234. The highest BCUT2D eigenvalue weighted by Crippen LogP contribution is 2.14. The van der Waals surface area contributed by atoms with E-state index in [2.05, 4.69) is 15.8 Å². The smallest absolute Gasteiger partial charge is 0.259 e. The number of rotatable bonds is 8. The topological polar surface area (TPSA) is 62.7 Å². The molecule has 0 saturated carbocycles. The molecular formula is C24H23N3O2. The number of carbonyl (C=O) groups is 1. The summed E-state index contributed by atoms with van der Waals surface area (Å²) in [5.41, 5.74) is 6.10. The summed E-state index contributed by atoms with van der Waals surface area (Å²) < 4.78 is 5.13. The summed E-state index contributed by atoms with van der Waals surface area (Å²) >= 11 is 0. The molecule has 0 aromatic heterocycles. The SMILES string of the molecule is COc1ccc(NCC(=O)N/N=C(\C=C/c2ccccc2)c2ccccc2)cc1. The van der Waals surface area contributed by atoms with E-state index in [0.29, 0.717) is 5.71 Å². The molecule has 1 amide bonds. The molecule has 0 aliphatic carbocycles. The second-order valence-corrected chi connectivity index (χ2v) is 6.22. The number of hydrazone groups is 1. The van der Waals surface area contributed by atoms with Crippen LogP contribution in [-0.4, -0.2) is 25.3 Å². The van der Waals surface area contributed by atoms with Crippen LogP contribution in [-0.2, 0) is 4.79 Å². The number of methoxy groups -OCH3 is 1. The van der Waals surface area contributed by atoms with Crippen LogP contribution < -0.4 is 15.5 Å². The van der Waals surface area contributed by atoms with E-state index in [1.54, 1.807) is 7.11 Å². The summed E-state index contributed by atoms with van der Waals surface area (Å²) in [6.07, 6.45) is 3.86. The summed E-state index contributed by atoms with van der Waals surface area (Å²) in [6, 6.07) is 27.1. The predicted octanol–water partition coefficient (Wildman–Crippen LogP) is 4.34. The number of benzene rings is 3. The van der Waals surface area contributed by atoms with Gasteiger partial charge in [-0.1, -0.05) is 66.7 Å². The van der Waals surface area contributed by atoms with E-state index >= 15 is 0 Å². The third-order valence-corrected chi connectivity index (χ3v) is 4.15. The molecule has 0 aliphatic rings. The largest absolute Gasteiger partial charge is 0.497 e. The van der Waals surface area contributed by atoms with Gasteiger partial charge in [0.05, 0.1) is 19.4 Å². The van der Waals surface area contributed by atoms with E-state index in [0.717, 1.165) is 22.6 Å². The maximum absolute atomic E-state index is 12.2. The number of nitrogens with zero attached hydrogens (tertiary/aromatic N) is 1. The van der Waals surface area contributed by atoms with Crippen LogP contribution in [0.15, 0.2) is 96.1 Å². The van der Waals surface area contributed by atoms with Gasteiger partial charge < -0.3 is 10.1 Å². The van der Waals surface area contributed by atoms with Gasteiger partial charge in [0.25, 0.3) is 5.91 Å². The third kappa shape index (κ3) is 6.36. The molecule has 0 unspecified atom stereocenters. The predicted molar refractivity (Wildman–Crippen MR) is 118 cm³/mol. The first-order chi connectivity index (χ1) is 14.2. The van der Waals surface area contributed by atoms with Crippen molar-refractivity contribution in [3.05, 3.63) is 102 Å². The van der Waals surface area contributed by atoms with Crippen LogP contribution >= 0.6 is 0 Å². The van der Waals surface area contributed by atoms with Crippen molar-refractivity contribution in [2.75, 3.05) is 19.0 Å². The summed E-state index contributed by atoms with van der Waals surface area (Å²) in [6.45, 7) is 0.111. The monoisotopic (exact) mass is 385 g/mol. The molecule has 29 heavy (non-hydrogen) atoms. The first-order valence-electron chi connectivity index (χ1n) is 9.27. The van der Waals surface area contributed by atoms with Crippen molar-refractivity contribution in [2.24, 2.45) is 5.10 Å². The molecule has 0 heterocycles. The Hall–Kier alpha value is -3.86. The summed E-state index contributed by atoms with van der Waals surface area (Å²) in [7, 11) is 1.62. The normalized spacial score (nSPS) is 11.3. The van der Waals surface area contributed by atoms with Crippen molar-refractivity contribution >= 4 is 23.4 Å². The van der Waals surface area contributed by atoms with Gasteiger partial charge >= 0.3 is 0 Å². The van der Waals surface area contributed by atoms with Crippen molar-refractivity contribution in [1.82, 2.24) is 5.43 Å². The van der Waals surface area contributed by atoms with E-state index in [1.165, 1.54) is 0 Å². The molecule has 5 heteroatoms. The Kier molecular flexibility index (Phi) is 7.18. The van der Waals surface area contributed by atoms with Crippen LogP contribution in [0.1, 0.15) is 11.1 Å². The van der Waals surface area contributed by atoms with Gasteiger partial charge in [-0.25, -0.2) is 5.43 Å². The van der Waals surface area contributed by atoms with Gasteiger partial charge in [-0.05, 0) is 35.9 Å². The second kappa shape index (κ2) is 10.5. The number of nitrogens with one attached hydrogen (secondary N) is 2. The molecule has 2 N–H and O–H groups in total. The Morgan fingerprint density at radius 1 is 0.931 bits per heavy atom. The maximum atomic E-state index is 12.2. The highest BCUT2D eigenvalue weighted by molar-refractivity contribution is 6.11. The number of amides is 1. The Morgan fingerprint density at radius 3 is 2.24 bits per heavy atom. The lowest BCUT2D eigenvalue weighted by Crippen LogP contribution is -2.26. The Morgan fingerprint density at radius 2 is 1.59 bits per heavy atom. The van der Waals surface area contributed by atoms with Gasteiger partial charge in [0.15, 0.2) is 0 Å². The molecule has 0 saturated heterocycles. The average molecular weight is 385 g/mol. The van der Waals surface area contributed by atoms with Crippen LogP contribution in [0, 0.1) is 0 Å². The number of allylic oxidation sites excluding steroid dienone is 1. The summed E-state index contributed by atoms with van der Waals surface area (Å²) in [5.74, 6) is 0.532. The molecule has 0 spiro atoms. The second-order valence-electron chi connectivity index (χ2n) is 6.22. The van der Waals surface area contributed by atoms with Crippen molar-refractivity contribution in [2.45, 2.75) is 0 Å². The fourth-order valence-electron chi connectivity index (χ4n) is 2.60. The van der Waals surface area contributed by atoms with Gasteiger partial charge in [-0.2, -0.15) is 5.10 Å².